The molecule has 1 aliphatic carbocycles. The summed E-state index contributed by atoms with van der Waals surface area (Å²) in [6, 6.07) is 0.971. The second-order valence-corrected chi connectivity index (χ2v) is 3.41. The van der Waals surface area contributed by atoms with E-state index in [1.165, 1.54) is 22.9 Å². The van der Waals surface area contributed by atoms with Crippen LogP contribution in [0.25, 0.3) is 0 Å². The lowest BCUT2D eigenvalue weighted by Gasteiger charge is -2.11. The fourth-order valence-corrected chi connectivity index (χ4v) is 1.58. The zero-order valence-electron chi connectivity index (χ0n) is 7.80. The number of aliphatic hydroxyl groups is 1. The van der Waals surface area contributed by atoms with Crippen LogP contribution in [0.2, 0.25) is 0 Å². The van der Waals surface area contributed by atoms with E-state index >= 15 is 0 Å². The van der Waals surface area contributed by atoms with Crippen LogP contribution in [-0.4, -0.2) is 20.8 Å². The van der Waals surface area contributed by atoms with Crippen LogP contribution >= 0.6 is 0 Å². The van der Waals surface area contributed by atoms with Crippen molar-refractivity contribution in [3.63, 3.8) is 0 Å². The summed E-state index contributed by atoms with van der Waals surface area (Å²) in [5, 5.41) is 9.17. The molecule has 1 heterocycles. The van der Waals surface area contributed by atoms with Crippen molar-refractivity contribution < 1.29 is 9.50 Å². The van der Waals surface area contributed by atoms with E-state index in [9.17, 15) is 14.3 Å². The van der Waals surface area contributed by atoms with Crippen LogP contribution in [0.4, 0.5) is 10.2 Å². The highest BCUT2D eigenvalue weighted by Gasteiger charge is 2.26. The Morgan fingerprint density at radius 1 is 1.67 bits per heavy atom. The molecule has 0 aromatic carbocycles. The number of halogens is 1. The van der Waals surface area contributed by atoms with E-state index in [4.69, 9.17) is 5.73 Å². The number of nitrogens with two attached hydrogens (primary N) is 1. The Labute approximate surface area is 84.7 Å². The Morgan fingerprint density at radius 3 is 2.93 bits per heavy atom. The van der Waals surface area contributed by atoms with Crippen molar-refractivity contribution in [2.24, 2.45) is 0 Å². The summed E-state index contributed by atoms with van der Waals surface area (Å²) >= 11 is 0. The molecule has 0 aliphatic heterocycles. The number of hydrogen-bond donors (Lipinski definition) is 2. The van der Waals surface area contributed by atoms with Gasteiger partial charge < -0.3 is 10.8 Å². The lowest BCUT2D eigenvalue weighted by molar-refractivity contribution is 0.177. The maximum atomic E-state index is 12.9. The van der Waals surface area contributed by atoms with Gasteiger partial charge in [0.05, 0.1) is 6.04 Å². The maximum absolute atomic E-state index is 12.9. The lowest BCUT2D eigenvalue weighted by atomic mass is 10.2. The number of aliphatic hydroxyl groups excluding tert-OH is 1. The molecule has 3 N–H and O–H groups in total. The highest BCUT2D eigenvalue weighted by Crippen LogP contribution is 2.28. The molecule has 0 spiro atoms. The Bertz CT molecular complexity index is 469. The molecular weight excluding hydrogens is 201 g/mol. The summed E-state index contributed by atoms with van der Waals surface area (Å²) in [7, 11) is 0. The number of aromatic nitrogens is 2. The summed E-state index contributed by atoms with van der Waals surface area (Å²) in [6.07, 6.45) is 1.68. The van der Waals surface area contributed by atoms with Crippen molar-refractivity contribution in [2.45, 2.75) is 18.6 Å². The molecule has 1 aromatic heterocycles. The Kier molecular flexibility index (Phi) is 2.28. The van der Waals surface area contributed by atoms with Gasteiger partial charge in [-0.3, -0.25) is 4.57 Å². The number of hydrogen-bond acceptors (Lipinski definition) is 4. The van der Waals surface area contributed by atoms with E-state index < -0.39 is 23.7 Å². The first-order chi connectivity index (χ1) is 7.08. The normalized spacial score (nSPS) is 25.3. The number of rotatable bonds is 1. The van der Waals surface area contributed by atoms with Crippen molar-refractivity contribution >= 4 is 5.82 Å². The molecule has 15 heavy (non-hydrogen) atoms. The molecule has 80 valence electrons. The predicted molar refractivity (Wildman–Crippen MR) is 51.8 cm³/mol. The number of nitrogen functional groups attached to an aromatic ring is 1. The Hall–Kier alpha value is -1.69. The SMILES string of the molecule is Nc1ccn([C@@H]2C=C(F)[C@@H](O)C2)c(=O)n1. The zero-order valence-corrected chi connectivity index (χ0v) is 7.80. The van der Waals surface area contributed by atoms with Gasteiger partial charge in [-0.15, -0.1) is 0 Å². The van der Waals surface area contributed by atoms with Crippen molar-refractivity contribution in [3.8, 4) is 0 Å². The van der Waals surface area contributed by atoms with Crippen molar-refractivity contribution in [1.29, 1.82) is 0 Å². The molecule has 0 saturated carbocycles. The first-order valence-electron chi connectivity index (χ1n) is 4.48. The van der Waals surface area contributed by atoms with Gasteiger partial charge in [0.1, 0.15) is 17.7 Å². The van der Waals surface area contributed by atoms with E-state index in [1.807, 2.05) is 0 Å². The Balaban J connectivity index is 2.36. The minimum absolute atomic E-state index is 0.124. The van der Waals surface area contributed by atoms with Crippen molar-refractivity contribution in [2.75, 3.05) is 5.73 Å². The van der Waals surface area contributed by atoms with E-state index in [0.29, 0.717) is 0 Å². The van der Waals surface area contributed by atoms with E-state index in [-0.39, 0.29) is 12.2 Å². The van der Waals surface area contributed by atoms with E-state index in [2.05, 4.69) is 4.98 Å². The van der Waals surface area contributed by atoms with Crippen LogP contribution in [0.3, 0.4) is 0 Å². The van der Waals surface area contributed by atoms with Crippen LogP contribution in [0, 0.1) is 0 Å². The van der Waals surface area contributed by atoms with E-state index in [1.54, 1.807) is 0 Å². The fraction of sp³-hybridized carbons (Fsp3) is 0.333. The monoisotopic (exact) mass is 211 g/mol. The summed E-state index contributed by atoms with van der Waals surface area (Å²) in [6.45, 7) is 0. The van der Waals surface area contributed by atoms with Gasteiger partial charge in [0.15, 0.2) is 0 Å². The molecule has 0 amide bonds. The molecule has 2 rings (SSSR count). The van der Waals surface area contributed by atoms with Crippen LogP contribution in [-0.2, 0) is 0 Å². The van der Waals surface area contributed by atoms with Gasteiger partial charge in [-0.25, -0.2) is 9.18 Å². The van der Waals surface area contributed by atoms with Crippen LogP contribution in [0.5, 0.6) is 0 Å². The smallest absolute Gasteiger partial charge is 0.350 e. The molecule has 1 aromatic rings. The molecule has 6 heteroatoms. The number of nitrogens with zero attached hydrogens (tertiary/aromatic N) is 2. The summed E-state index contributed by atoms with van der Waals surface area (Å²) in [4.78, 5) is 14.9. The van der Waals surface area contributed by atoms with Crippen LogP contribution < -0.4 is 11.4 Å². The first-order valence-corrected chi connectivity index (χ1v) is 4.48. The standard InChI is InChI=1S/C9H10FN3O2/c10-6-3-5(4-7(6)14)13-2-1-8(11)12-9(13)15/h1-3,5,7,14H,4H2,(H2,11,12,15)/t5-,7+/m1/s1. The van der Waals surface area contributed by atoms with Gasteiger partial charge >= 0.3 is 5.69 Å². The molecule has 0 saturated heterocycles. The number of allylic oxidation sites excluding steroid dienone is 1. The minimum Gasteiger partial charge on any atom is -0.386 e. The molecule has 2 atom stereocenters. The van der Waals surface area contributed by atoms with Gasteiger partial charge in [-0.1, -0.05) is 0 Å². The molecule has 0 fully saturated rings. The predicted octanol–water partition coefficient (Wildman–Crippen LogP) is -0.0154. The fourth-order valence-electron chi connectivity index (χ4n) is 1.58. The summed E-state index contributed by atoms with van der Waals surface area (Å²) in [5.41, 5.74) is 4.77. The second kappa shape index (κ2) is 3.47. The molecule has 1 aliphatic rings. The van der Waals surface area contributed by atoms with Crippen molar-refractivity contribution in [3.05, 3.63) is 34.7 Å². The van der Waals surface area contributed by atoms with Crippen molar-refractivity contribution in [1.82, 2.24) is 9.55 Å². The quantitative estimate of drug-likeness (QED) is 0.684. The van der Waals surface area contributed by atoms with E-state index in [0.717, 1.165) is 0 Å². The third kappa shape index (κ3) is 1.75. The lowest BCUT2D eigenvalue weighted by Crippen LogP contribution is -2.26. The van der Waals surface area contributed by atoms with Gasteiger partial charge in [0.2, 0.25) is 0 Å². The zero-order chi connectivity index (χ0) is 11.0. The highest BCUT2D eigenvalue weighted by molar-refractivity contribution is 5.24. The van der Waals surface area contributed by atoms with Crippen LogP contribution in [0.1, 0.15) is 12.5 Å². The third-order valence-corrected chi connectivity index (χ3v) is 2.34. The summed E-state index contributed by atoms with van der Waals surface area (Å²) < 4.78 is 14.2. The molecular formula is C9H10FN3O2. The molecule has 5 nitrogen and oxygen atoms in total. The number of anilines is 1. The second-order valence-electron chi connectivity index (χ2n) is 3.41. The van der Waals surface area contributed by atoms with Gasteiger partial charge in [-0.2, -0.15) is 4.98 Å². The molecule has 0 bridgehead atoms. The van der Waals surface area contributed by atoms with Gasteiger partial charge in [-0.05, 0) is 12.1 Å². The minimum atomic E-state index is -1.13. The molecule has 0 unspecified atom stereocenters. The summed E-state index contributed by atoms with van der Waals surface area (Å²) in [5.74, 6) is -0.483. The van der Waals surface area contributed by atoms with Gasteiger partial charge in [0.25, 0.3) is 0 Å². The van der Waals surface area contributed by atoms with Crippen LogP contribution in [0.15, 0.2) is 29.0 Å². The highest BCUT2D eigenvalue weighted by atomic mass is 19.1. The first kappa shape index (κ1) is 9.85. The maximum Gasteiger partial charge on any atom is 0.350 e. The molecule has 0 radical (unpaired) electrons. The largest absolute Gasteiger partial charge is 0.386 e. The topological polar surface area (TPSA) is 81.1 Å². The average Bonchev–Trinajstić information content (AvgIpc) is 2.46. The van der Waals surface area contributed by atoms with Gasteiger partial charge in [0, 0.05) is 12.6 Å². The Morgan fingerprint density at radius 2 is 2.40 bits per heavy atom. The average molecular weight is 211 g/mol. The third-order valence-electron chi connectivity index (χ3n) is 2.34.